The molecule has 0 aliphatic heterocycles. The zero-order valence-electron chi connectivity index (χ0n) is 4.63. The van der Waals surface area contributed by atoms with Crippen LogP contribution in [0.1, 0.15) is 0 Å². The fourth-order valence-corrected chi connectivity index (χ4v) is 0.567. The lowest BCUT2D eigenvalue weighted by atomic mass is 10.3. The molecular formula is C7H5ClO. The molecule has 0 amide bonds. The van der Waals surface area contributed by atoms with Crippen LogP contribution in [-0.4, -0.2) is 5.11 Å². The fraction of sp³-hybridized carbons (Fsp3) is 0. The summed E-state index contributed by atoms with van der Waals surface area (Å²) in [6.07, 6.45) is 0. The summed E-state index contributed by atoms with van der Waals surface area (Å²) >= 11 is 5.50. The first-order valence-corrected chi connectivity index (χ1v) is 2.61. The molecule has 0 spiro atoms. The first kappa shape index (κ1) is 8.31. The smallest absolute Gasteiger partial charge is 0.115 e. The Morgan fingerprint density at radius 1 is 1.11 bits per heavy atom. The molecule has 0 aliphatic carbocycles. The van der Waals surface area contributed by atoms with Gasteiger partial charge in [-0.2, -0.15) is 0 Å². The molecular weight excluding hydrogens is 136 g/mol. The molecule has 2 heteroatoms. The van der Waals surface area contributed by atoms with Gasteiger partial charge in [-0.05, 0) is 24.3 Å². The van der Waals surface area contributed by atoms with Gasteiger partial charge in [0.05, 0.1) is 0 Å². The summed E-state index contributed by atoms with van der Waals surface area (Å²) in [7, 11) is 0. The normalized spacial score (nSPS) is 8.11. The van der Waals surface area contributed by atoms with Crippen molar-refractivity contribution in [3.8, 4) is 5.75 Å². The van der Waals surface area contributed by atoms with Crippen LogP contribution in [0, 0.1) is 7.43 Å². The van der Waals surface area contributed by atoms with Gasteiger partial charge < -0.3 is 5.11 Å². The molecule has 1 rings (SSSR count). The summed E-state index contributed by atoms with van der Waals surface area (Å²) in [6.45, 7) is 0. The number of rotatable bonds is 0. The predicted molar refractivity (Wildman–Crippen MR) is 36.4 cm³/mol. The predicted octanol–water partition coefficient (Wildman–Crippen LogP) is 2.13. The topological polar surface area (TPSA) is 20.2 Å². The third-order valence-corrected chi connectivity index (χ3v) is 1.08. The number of halogens is 1. The Labute approximate surface area is 59.9 Å². The number of hydrogen-bond donors (Lipinski definition) is 1. The number of aromatic hydroxyl groups is 1. The van der Waals surface area contributed by atoms with Crippen LogP contribution in [0.2, 0.25) is 5.02 Å². The third kappa shape index (κ3) is 2.38. The van der Waals surface area contributed by atoms with Gasteiger partial charge >= 0.3 is 0 Å². The SMILES string of the molecule is Oc1ccc(Cl)cc1.[C]. The highest BCUT2D eigenvalue weighted by atomic mass is 35.5. The lowest BCUT2D eigenvalue weighted by Crippen LogP contribution is -1.61. The van der Waals surface area contributed by atoms with Crippen LogP contribution in [0.4, 0.5) is 0 Å². The lowest BCUT2D eigenvalue weighted by Gasteiger charge is -1.87. The lowest BCUT2D eigenvalue weighted by molar-refractivity contribution is 0.475. The molecule has 1 aromatic rings. The minimum absolute atomic E-state index is 0. The van der Waals surface area contributed by atoms with Gasteiger partial charge in [-0.3, -0.25) is 0 Å². The van der Waals surface area contributed by atoms with E-state index in [1.54, 1.807) is 24.3 Å². The van der Waals surface area contributed by atoms with E-state index in [9.17, 15) is 0 Å². The van der Waals surface area contributed by atoms with E-state index in [4.69, 9.17) is 16.7 Å². The highest BCUT2D eigenvalue weighted by Crippen LogP contribution is 2.12. The van der Waals surface area contributed by atoms with Gasteiger partial charge in [-0.1, -0.05) is 11.6 Å². The quantitative estimate of drug-likeness (QED) is 0.585. The molecule has 0 saturated carbocycles. The minimum Gasteiger partial charge on any atom is -0.508 e. The van der Waals surface area contributed by atoms with Crippen LogP contribution in [-0.2, 0) is 0 Å². The fourth-order valence-electron chi connectivity index (χ4n) is 0.441. The largest absolute Gasteiger partial charge is 0.508 e. The van der Waals surface area contributed by atoms with Crippen molar-refractivity contribution >= 4 is 11.6 Å². The van der Waals surface area contributed by atoms with Crippen LogP contribution in [0.3, 0.4) is 0 Å². The van der Waals surface area contributed by atoms with Gasteiger partial charge in [0.1, 0.15) is 5.75 Å². The molecule has 0 fully saturated rings. The molecule has 1 nitrogen and oxygen atoms in total. The van der Waals surface area contributed by atoms with Gasteiger partial charge in [0.25, 0.3) is 0 Å². The molecule has 0 aromatic heterocycles. The van der Waals surface area contributed by atoms with Crippen molar-refractivity contribution in [2.75, 3.05) is 0 Å². The van der Waals surface area contributed by atoms with Crippen molar-refractivity contribution in [1.82, 2.24) is 0 Å². The van der Waals surface area contributed by atoms with Crippen LogP contribution in [0.25, 0.3) is 0 Å². The van der Waals surface area contributed by atoms with Crippen molar-refractivity contribution in [2.45, 2.75) is 0 Å². The van der Waals surface area contributed by atoms with Crippen molar-refractivity contribution in [1.29, 1.82) is 0 Å². The van der Waals surface area contributed by atoms with Gasteiger partial charge in [0, 0.05) is 12.4 Å². The molecule has 1 N–H and O–H groups in total. The summed E-state index contributed by atoms with van der Waals surface area (Å²) in [5.41, 5.74) is 0. The molecule has 0 unspecified atom stereocenters. The van der Waals surface area contributed by atoms with E-state index >= 15 is 0 Å². The van der Waals surface area contributed by atoms with Gasteiger partial charge in [0.2, 0.25) is 0 Å². The second-order valence-corrected chi connectivity index (χ2v) is 1.91. The van der Waals surface area contributed by atoms with Crippen LogP contribution in [0.15, 0.2) is 24.3 Å². The van der Waals surface area contributed by atoms with Crippen LogP contribution >= 0.6 is 11.6 Å². The highest BCUT2D eigenvalue weighted by Gasteiger charge is 1.84. The average molecular weight is 141 g/mol. The average Bonchev–Trinajstić information content (AvgIpc) is 1.77. The standard InChI is InChI=1S/C6H5ClO.C/c7-5-1-3-6(8)4-2-5;/h1-4,8H;. The first-order chi connectivity index (χ1) is 3.79. The molecule has 0 atom stereocenters. The Kier molecular flexibility index (Phi) is 3.10. The molecule has 0 saturated heterocycles. The molecule has 0 bridgehead atoms. The van der Waals surface area contributed by atoms with E-state index < -0.39 is 0 Å². The summed E-state index contributed by atoms with van der Waals surface area (Å²) in [4.78, 5) is 0. The first-order valence-electron chi connectivity index (χ1n) is 2.23. The Morgan fingerprint density at radius 3 is 1.89 bits per heavy atom. The second-order valence-electron chi connectivity index (χ2n) is 1.48. The summed E-state index contributed by atoms with van der Waals surface area (Å²) < 4.78 is 0. The second kappa shape index (κ2) is 3.36. The van der Waals surface area contributed by atoms with E-state index in [0.29, 0.717) is 5.02 Å². The molecule has 0 aliphatic rings. The van der Waals surface area contributed by atoms with Crippen molar-refractivity contribution in [2.24, 2.45) is 0 Å². The Balaban J connectivity index is 0.000000640. The Hall–Kier alpha value is -0.690. The van der Waals surface area contributed by atoms with E-state index in [-0.39, 0.29) is 13.2 Å². The van der Waals surface area contributed by atoms with Crippen molar-refractivity contribution in [3.05, 3.63) is 36.7 Å². The van der Waals surface area contributed by atoms with E-state index in [1.807, 2.05) is 0 Å². The van der Waals surface area contributed by atoms with Gasteiger partial charge in [-0.25, -0.2) is 0 Å². The zero-order valence-corrected chi connectivity index (χ0v) is 5.39. The molecule has 46 valence electrons. The highest BCUT2D eigenvalue weighted by molar-refractivity contribution is 6.30. The molecule has 1 aromatic carbocycles. The van der Waals surface area contributed by atoms with E-state index in [1.165, 1.54) is 0 Å². The summed E-state index contributed by atoms with van der Waals surface area (Å²) in [5.74, 6) is 0.245. The molecule has 9 heavy (non-hydrogen) atoms. The van der Waals surface area contributed by atoms with Gasteiger partial charge in [0.15, 0.2) is 0 Å². The van der Waals surface area contributed by atoms with E-state index in [0.717, 1.165) is 0 Å². The number of phenolic OH excluding ortho intramolecular Hbond substituents is 1. The monoisotopic (exact) mass is 140 g/mol. The maximum absolute atomic E-state index is 8.70. The number of phenols is 1. The molecule has 0 heterocycles. The maximum Gasteiger partial charge on any atom is 0.115 e. The molecule has 4 radical (unpaired) electrons. The van der Waals surface area contributed by atoms with Crippen LogP contribution in [0.5, 0.6) is 5.75 Å². The maximum atomic E-state index is 8.70. The van der Waals surface area contributed by atoms with Crippen molar-refractivity contribution < 1.29 is 5.11 Å². The zero-order chi connectivity index (χ0) is 5.98. The summed E-state index contributed by atoms with van der Waals surface area (Å²) in [5, 5.41) is 9.34. The minimum atomic E-state index is 0. The summed E-state index contributed by atoms with van der Waals surface area (Å²) in [6, 6.07) is 6.36. The van der Waals surface area contributed by atoms with Gasteiger partial charge in [-0.15, -0.1) is 0 Å². The number of benzene rings is 1. The number of hydrogen-bond acceptors (Lipinski definition) is 1. The van der Waals surface area contributed by atoms with Crippen LogP contribution < -0.4 is 0 Å². The Bertz CT molecular complexity index is 148. The third-order valence-electron chi connectivity index (χ3n) is 0.827. The Morgan fingerprint density at radius 2 is 1.56 bits per heavy atom. The van der Waals surface area contributed by atoms with E-state index in [2.05, 4.69) is 0 Å². The van der Waals surface area contributed by atoms with Crippen molar-refractivity contribution in [3.63, 3.8) is 0 Å².